The van der Waals surface area contributed by atoms with Gasteiger partial charge in [0.15, 0.2) is 6.29 Å². The minimum Gasteiger partial charge on any atom is -0.382 e. The van der Waals surface area contributed by atoms with Crippen LogP contribution in [0.25, 0.3) is 0 Å². The van der Waals surface area contributed by atoms with Crippen molar-refractivity contribution in [2.75, 3.05) is 6.26 Å². The van der Waals surface area contributed by atoms with Gasteiger partial charge in [0.2, 0.25) is 0 Å². The smallest absolute Gasteiger partial charge is 0.306 e. The summed E-state index contributed by atoms with van der Waals surface area (Å²) in [5, 5.41) is 0.0762. The number of aldehydes is 1. The first-order valence-corrected chi connectivity index (χ1v) is 6.24. The van der Waals surface area contributed by atoms with Crippen LogP contribution in [0, 0.1) is 0 Å². The Bertz CT molecular complexity index is 472. The molecule has 15 heavy (non-hydrogen) atoms. The Labute approximate surface area is 96.9 Å². The van der Waals surface area contributed by atoms with E-state index in [-0.39, 0.29) is 21.4 Å². The predicted molar refractivity (Wildman–Crippen MR) is 57.3 cm³/mol. The molecule has 0 amide bonds. The van der Waals surface area contributed by atoms with Gasteiger partial charge < -0.3 is 4.18 Å². The molecule has 82 valence electrons. The second kappa shape index (κ2) is 4.38. The van der Waals surface area contributed by atoms with E-state index in [0.717, 1.165) is 6.26 Å². The summed E-state index contributed by atoms with van der Waals surface area (Å²) in [6.45, 7) is 0. The monoisotopic (exact) mass is 268 g/mol. The number of benzene rings is 1. The first kappa shape index (κ1) is 12.3. The average molecular weight is 269 g/mol. The Balaban J connectivity index is 3.20. The van der Waals surface area contributed by atoms with E-state index < -0.39 is 10.1 Å². The van der Waals surface area contributed by atoms with Crippen LogP contribution in [0.3, 0.4) is 0 Å². The van der Waals surface area contributed by atoms with Crippen molar-refractivity contribution >= 4 is 39.6 Å². The fourth-order valence-electron chi connectivity index (χ4n) is 0.897. The maximum Gasteiger partial charge on any atom is 0.306 e. The molecule has 0 unspecified atom stereocenters. The first-order chi connectivity index (χ1) is 6.83. The summed E-state index contributed by atoms with van der Waals surface area (Å²) in [5.41, 5.74) is 0.0965. The first-order valence-electron chi connectivity index (χ1n) is 3.67. The highest BCUT2D eigenvalue weighted by Gasteiger charge is 2.11. The molecule has 1 aromatic carbocycles. The van der Waals surface area contributed by atoms with E-state index in [1.807, 2.05) is 0 Å². The lowest BCUT2D eigenvalue weighted by Gasteiger charge is -2.05. The molecule has 0 heterocycles. The van der Waals surface area contributed by atoms with Crippen molar-refractivity contribution in [1.29, 1.82) is 0 Å². The van der Waals surface area contributed by atoms with Crippen molar-refractivity contribution in [2.24, 2.45) is 0 Å². The van der Waals surface area contributed by atoms with Crippen LogP contribution in [-0.2, 0) is 10.1 Å². The Morgan fingerprint density at radius 1 is 1.27 bits per heavy atom. The van der Waals surface area contributed by atoms with Crippen molar-refractivity contribution in [3.8, 4) is 5.75 Å². The number of carbonyl (C=O) groups is 1. The van der Waals surface area contributed by atoms with E-state index in [2.05, 4.69) is 4.18 Å². The van der Waals surface area contributed by atoms with Gasteiger partial charge in [-0.25, -0.2) is 0 Å². The molecule has 0 radical (unpaired) electrons. The van der Waals surface area contributed by atoms with Crippen LogP contribution in [0.5, 0.6) is 5.75 Å². The molecule has 0 aliphatic heterocycles. The average Bonchev–Trinajstić information content (AvgIpc) is 1.99. The molecule has 0 N–H and O–H groups in total. The summed E-state index contributed by atoms with van der Waals surface area (Å²) in [6, 6.07) is 2.41. The standard InChI is InChI=1S/C8H6Cl2O4S/c1-15(12,13)14-5-2-7(9)6(4-11)8(10)3-5/h2-4H,1H3. The van der Waals surface area contributed by atoms with Gasteiger partial charge in [0.05, 0.1) is 21.9 Å². The molecule has 0 saturated carbocycles. The Kier molecular flexibility index (Phi) is 3.59. The predicted octanol–water partition coefficient (Wildman–Crippen LogP) is 2.14. The van der Waals surface area contributed by atoms with Crippen LogP contribution in [0.4, 0.5) is 0 Å². The zero-order chi connectivity index (χ0) is 11.6. The van der Waals surface area contributed by atoms with E-state index in [0.29, 0.717) is 6.29 Å². The highest BCUT2D eigenvalue weighted by atomic mass is 35.5. The lowest BCUT2D eigenvalue weighted by atomic mass is 10.2. The Morgan fingerprint density at radius 3 is 2.07 bits per heavy atom. The number of hydrogen-bond donors (Lipinski definition) is 0. The normalized spacial score (nSPS) is 11.1. The second-order valence-corrected chi connectivity index (χ2v) is 5.10. The van der Waals surface area contributed by atoms with Crippen molar-refractivity contribution in [3.63, 3.8) is 0 Å². The fraction of sp³-hybridized carbons (Fsp3) is 0.125. The van der Waals surface area contributed by atoms with E-state index in [9.17, 15) is 13.2 Å². The van der Waals surface area contributed by atoms with E-state index >= 15 is 0 Å². The summed E-state index contributed by atoms with van der Waals surface area (Å²) >= 11 is 11.3. The van der Waals surface area contributed by atoms with Gasteiger partial charge in [-0.2, -0.15) is 8.42 Å². The van der Waals surface area contributed by atoms with Gasteiger partial charge in [0.25, 0.3) is 0 Å². The third-order valence-corrected chi connectivity index (χ3v) is 2.54. The zero-order valence-corrected chi connectivity index (χ0v) is 9.86. The molecule has 0 bridgehead atoms. The van der Waals surface area contributed by atoms with Crippen LogP contribution in [-0.4, -0.2) is 21.0 Å². The van der Waals surface area contributed by atoms with Crippen LogP contribution >= 0.6 is 23.2 Å². The van der Waals surface area contributed by atoms with Gasteiger partial charge in [-0.3, -0.25) is 4.79 Å². The Hall–Kier alpha value is -0.780. The van der Waals surface area contributed by atoms with Crippen molar-refractivity contribution in [2.45, 2.75) is 0 Å². The van der Waals surface area contributed by atoms with Crippen LogP contribution < -0.4 is 4.18 Å². The molecule has 0 spiro atoms. The van der Waals surface area contributed by atoms with E-state index in [1.165, 1.54) is 12.1 Å². The maximum absolute atomic E-state index is 10.8. The summed E-state index contributed by atoms with van der Waals surface area (Å²) in [5.74, 6) is -0.0295. The van der Waals surface area contributed by atoms with Crippen LogP contribution in [0.15, 0.2) is 12.1 Å². The van der Waals surface area contributed by atoms with Gasteiger partial charge >= 0.3 is 10.1 Å². The summed E-state index contributed by atoms with van der Waals surface area (Å²) in [4.78, 5) is 10.5. The molecular formula is C8H6Cl2O4S. The molecule has 1 aromatic rings. The van der Waals surface area contributed by atoms with Gasteiger partial charge in [-0.1, -0.05) is 23.2 Å². The lowest BCUT2D eigenvalue weighted by molar-refractivity contribution is 0.112. The quantitative estimate of drug-likeness (QED) is 0.623. The molecule has 1 rings (SSSR count). The molecule has 0 aliphatic rings. The summed E-state index contributed by atoms with van der Waals surface area (Å²) < 4.78 is 26.1. The van der Waals surface area contributed by atoms with Gasteiger partial charge in [-0.15, -0.1) is 0 Å². The maximum atomic E-state index is 10.8. The number of halogens is 2. The van der Waals surface area contributed by atoms with E-state index in [4.69, 9.17) is 23.2 Å². The molecule has 0 fully saturated rings. The van der Waals surface area contributed by atoms with Gasteiger partial charge in [0.1, 0.15) is 5.75 Å². The number of rotatable bonds is 3. The second-order valence-electron chi connectivity index (χ2n) is 2.71. The van der Waals surface area contributed by atoms with Gasteiger partial charge in [0, 0.05) is 12.1 Å². The lowest BCUT2D eigenvalue weighted by Crippen LogP contribution is -2.06. The number of carbonyl (C=O) groups excluding carboxylic acids is 1. The summed E-state index contributed by atoms with van der Waals surface area (Å²) in [6.07, 6.45) is 1.37. The van der Waals surface area contributed by atoms with Crippen molar-refractivity contribution in [1.82, 2.24) is 0 Å². The third-order valence-electron chi connectivity index (χ3n) is 1.42. The minimum atomic E-state index is -3.64. The highest BCUT2D eigenvalue weighted by molar-refractivity contribution is 7.86. The zero-order valence-electron chi connectivity index (χ0n) is 7.53. The van der Waals surface area contributed by atoms with Gasteiger partial charge in [-0.05, 0) is 0 Å². The molecule has 0 aliphatic carbocycles. The summed E-state index contributed by atoms with van der Waals surface area (Å²) in [7, 11) is -3.64. The van der Waals surface area contributed by atoms with Crippen molar-refractivity contribution < 1.29 is 17.4 Å². The number of hydrogen-bond acceptors (Lipinski definition) is 4. The fourth-order valence-corrected chi connectivity index (χ4v) is 1.90. The molecule has 0 saturated heterocycles. The molecular weight excluding hydrogens is 263 g/mol. The topological polar surface area (TPSA) is 60.4 Å². The molecule has 7 heteroatoms. The van der Waals surface area contributed by atoms with E-state index in [1.54, 1.807) is 0 Å². The largest absolute Gasteiger partial charge is 0.382 e. The Morgan fingerprint density at radius 2 is 1.73 bits per heavy atom. The molecule has 4 nitrogen and oxygen atoms in total. The van der Waals surface area contributed by atoms with Crippen LogP contribution in [0.2, 0.25) is 10.0 Å². The third kappa shape index (κ3) is 3.37. The molecule has 0 aromatic heterocycles. The minimum absolute atomic E-state index is 0.0295. The highest BCUT2D eigenvalue weighted by Crippen LogP contribution is 2.29. The van der Waals surface area contributed by atoms with Crippen LogP contribution in [0.1, 0.15) is 10.4 Å². The van der Waals surface area contributed by atoms with Crippen molar-refractivity contribution in [3.05, 3.63) is 27.7 Å². The SMILES string of the molecule is CS(=O)(=O)Oc1cc(Cl)c(C=O)c(Cl)c1. The molecule has 0 atom stereocenters.